The van der Waals surface area contributed by atoms with Crippen molar-refractivity contribution in [3.8, 4) is 0 Å². The third-order valence-corrected chi connectivity index (χ3v) is 3.33. The Balaban J connectivity index is 1.81. The fraction of sp³-hybridized carbons (Fsp3) is 0.500. The van der Waals surface area contributed by atoms with Gasteiger partial charge < -0.3 is 14.9 Å². The average molecular weight is 250 g/mol. The van der Waals surface area contributed by atoms with Gasteiger partial charge in [0.15, 0.2) is 0 Å². The standard InChI is InChI=1S/C14H18O4/c15-12-5-7-13(8-6-12)18-9-10-1-3-11(4-2-10)14(16)17/h1-4,12-13,15H,5-9H2,(H,16,17). The van der Waals surface area contributed by atoms with Gasteiger partial charge in [0.1, 0.15) is 0 Å². The quantitative estimate of drug-likeness (QED) is 0.859. The summed E-state index contributed by atoms with van der Waals surface area (Å²) in [6.07, 6.45) is 3.46. The molecule has 98 valence electrons. The normalized spacial score (nSPS) is 23.8. The van der Waals surface area contributed by atoms with Crippen LogP contribution in [-0.2, 0) is 11.3 Å². The zero-order valence-corrected chi connectivity index (χ0v) is 10.2. The number of carboxylic acid groups (broad SMARTS) is 1. The van der Waals surface area contributed by atoms with Crippen LogP contribution in [0.4, 0.5) is 0 Å². The third-order valence-electron chi connectivity index (χ3n) is 3.33. The van der Waals surface area contributed by atoms with Crippen LogP contribution in [-0.4, -0.2) is 28.4 Å². The molecule has 0 aliphatic heterocycles. The number of ether oxygens (including phenoxy) is 1. The van der Waals surface area contributed by atoms with Gasteiger partial charge in [0, 0.05) is 0 Å². The monoisotopic (exact) mass is 250 g/mol. The predicted molar refractivity (Wildman–Crippen MR) is 66.5 cm³/mol. The number of aliphatic hydroxyl groups is 1. The molecule has 0 saturated heterocycles. The van der Waals surface area contributed by atoms with E-state index in [2.05, 4.69) is 0 Å². The predicted octanol–water partition coefficient (Wildman–Crippen LogP) is 2.20. The van der Waals surface area contributed by atoms with Crippen molar-refractivity contribution < 1.29 is 19.7 Å². The largest absolute Gasteiger partial charge is 0.478 e. The fourth-order valence-corrected chi connectivity index (χ4v) is 2.17. The first-order valence-electron chi connectivity index (χ1n) is 6.27. The highest BCUT2D eigenvalue weighted by atomic mass is 16.5. The van der Waals surface area contributed by atoms with E-state index < -0.39 is 5.97 Å². The van der Waals surface area contributed by atoms with Gasteiger partial charge in [-0.05, 0) is 43.4 Å². The summed E-state index contributed by atoms with van der Waals surface area (Å²) >= 11 is 0. The van der Waals surface area contributed by atoms with Crippen LogP contribution in [0.25, 0.3) is 0 Å². The Labute approximate surface area is 106 Å². The molecule has 1 aliphatic carbocycles. The summed E-state index contributed by atoms with van der Waals surface area (Å²) in [5.41, 5.74) is 1.27. The van der Waals surface area contributed by atoms with Gasteiger partial charge in [-0.2, -0.15) is 0 Å². The SMILES string of the molecule is O=C(O)c1ccc(COC2CCC(O)CC2)cc1. The number of carboxylic acids is 1. The Morgan fingerprint density at radius 2 is 1.78 bits per heavy atom. The topological polar surface area (TPSA) is 66.8 Å². The smallest absolute Gasteiger partial charge is 0.335 e. The van der Waals surface area contributed by atoms with Gasteiger partial charge in [0.25, 0.3) is 0 Å². The zero-order valence-electron chi connectivity index (χ0n) is 10.2. The van der Waals surface area contributed by atoms with Crippen LogP contribution in [0.1, 0.15) is 41.6 Å². The van der Waals surface area contributed by atoms with Gasteiger partial charge >= 0.3 is 5.97 Å². The number of benzene rings is 1. The highest BCUT2D eigenvalue weighted by molar-refractivity contribution is 5.87. The molecule has 1 aliphatic rings. The molecule has 1 saturated carbocycles. The molecule has 1 aromatic carbocycles. The number of hydrogen-bond acceptors (Lipinski definition) is 3. The Hall–Kier alpha value is -1.39. The molecule has 18 heavy (non-hydrogen) atoms. The van der Waals surface area contributed by atoms with Crippen molar-refractivity contribution in [2.75, 3.05) is 0 Å². The van der Waals surface area contributed by atoms with Gasteiger partial charge in [0.05, 0.1) is 24.4 Å². The Morgan fingerprint density at radius 3 is 2.33 bits per heavy atom. The Bertz CT molecular complexity index is 391. The van der Waals surface area contributed by atoms with E-state index in [4.69, 9.17) is 9.84 Å². The van der Waals surface area contributed by atoms with Crippen LogP contribution >= 0.6 is 0 Å². The van der Waals surface area contributed by atoms with Crippen molar-refractivity contribution in [1.29, 1.82) is 0 Å². The van der Waals surface area contributed by atoms with E-state index in [1.165, 1.54) is 0 Å². The van der Waals surface area contributed by atoms with Crippen molar-refractivity contribution in [1.82, 2.24) is 0 Å². The van der Waals surface area contributed by atoms with Crippen molar-refractivity contribution in [3.63, 3.8) is 0 Å². The maximum atomic E-state index is 10.7. The molecule has 0 aromatic heterocycles. The van der Waals surface area contributed by atoms with Gasteiger partial charge in [-0.1, -0.05) is 12.1 Å². The first-order valence-corrected chi connectivity index (χ1v) is 6.27. The highest BCUT2D eigenvalue weighted by Gasteiger charge is 2.19. The molecular weight excluding hydrogens is 232 g/mol. The van der Waals surface area contributed by atoms with E-state index in [0.717, 1.165) is 31.2 Å². The molecule has 1 aromatic rings. The molecule has 4 heteroatoms. The second kappa shape index (κ2) is 5.98. The molecule has 0 amide bonds. The lowest BCUT2D eigenvalue weighted by atomic mass is 9.95. The first kappa shape index (κ1) is 13.1. The molecule has 4 nitrogen and oxygen atoms in total. The third kappa shape index (κ3) is 3.55. The minimum absolute atomic E-state index is 0.167. The van der Waals surface area contributed by atoms with E-state index in [1.54, 1.807) is 24.3 Å². The van der Waals surface area contributed by atoms with Crippen molar-refractivity contribution in [2.24, 2.45) is 0 Å². The Kier molecular flexibility index (Phi) is 4.33. The van der Waals surface area contributed by atoms with Gasteiger partial charge in [-0.15, -0.1) is 0 Å². The molecule has 0 heterocycles. The minimum Gasteiger partial charge on any atom is -0.478 e. The van der Waals surface area contributed by atoms with Crippen molar-refractivity contribution >= 4 is 5.97 Å². The molecule has 1 fully saturated rings. The summed E-state index contributed by atoms with van der Waals surface area (Å²) in [5.74, 6) is -0.913. The summed E-state index contributed by atoms with van der Waals surface area (Å²) in [4.78, 5) is 10.7. The van der Waals surface area contributed by atoms with Crippen LogP contribution in [0.3, 0.4) is 0 Å². The molecule has 0 bridgehead atoms. The van der Waals surface area contributed by atoms with E-state index >= 15 is 0 Å². The zero-order chi connectivity index (χ0) is 13.0. The van der Waals surface area contributed by atoms with Crippen molar-refractivity contribution in [3.05, 3.63) is 35.4 Å². The molecule has 0 spiro atoms. The summed E-state index contributed by atoms with van der Waals surface area (Å²) in [6.45, 7) is 0.501. The Morgan fingerprint density at radius 1 is 1.17 bits per heavy atom. The number of hydrogen-bond donors (Lipinski definition) is 2. The summed E-state index contributed by atoms with van der Waals surface area (Å²) in [7, 11) is 0. The fourth-order valence-electron chi connectivity index (χ4n) is 2.17. The first-order chi connectivity index (χ1) is 8.65. The number of rotatable bonds is 4. The van der Waals surface area contributed by atoms with Gasteiger partial charge in [-0.25, -0.2) is 4.79 Å². The molecular formula is C14H18O4. The maximum absolute atomic E-state index is 10.7. The average Bonchev–Trinajstić information content (AvgIpc) is 2.38. The molecule has 0 unspecified atom stereocenters. The van der Waals surface area contributed by atoms with Crippen LogP contribution in [0.5, 0.6) is 0 Å². The minimum atomic E-state index is -0.913. The molecule has 2 rings (SSSR count). The second-order valence-electron chi connectivity index (χ2n) is 4.74. The van der Waals surface area contributed by atoms with E-state index in [9.17, 15) is 9.90 Å². The maximum Gasteiger partial charge on any atom is 0.335 e. The van der Waals surface area contributed by atoms with E-state index in [-0.39, 0.29) is 12.2 Å². The van der Waals surface area contributed by atoms with Crippen LogP contribution in [0, 0.1) is 0 Å². The summed E-state index contributed by atoms with van der Waals surface area (Å²) in [5, 5.41) is 18.2. The lowest BCUT2D eigenvalue weighted by Gasteiger charge is -2.25. The van der Waals surface area contributed by atoms with Gasteiger partial charge in [-0.3, -0.25) is 0 Å². The summed E-state index contributed by atoms with van der Waals surface area (Å²) < 4.78 is 5.76. The lowest BCUT2D eigenvalue weighted by Crippen LogP contribution is -2.24. The van der Waals surface area contributed by atoms with Crippen LogP contribution in [0.2, 0.25) is 0 Å². The number of carbonyl (C=O) groups is 1. The molecule has 0 radical (unpaired) electrons. The molecule has 2 N–H and O–H groups in total. The van der Waals surface area contributed by atoms with E-state index in [0.29, 0.717) is 12.2 Å². The molecule has 0 atom stereocenters. The van der Waals surface area contributed by atoms with Gasteiger partial charge in [0.2, 0.25) is 0 Å². The summed E-state index contributed by atoms with van der Waals surface area (Å²) in [6, 6.07) is 6.74. The number of aliphatic hydroxyl groups excluding tert-OH is 1. The second-order valence-corrected chi connectivity index (χ2v) is 4.74. The van der Waals surface area contributed by atoms with E-state index in [1.807, 2.05) is 0 Å². The van der Waals surface area contributed by atoms with Crippen LogP contribution < -0.4 is 0 Å². The highest BCUT2D eigenvalue weighted by Crippen LogP contribution is 2.22. The number of aromatic carboxylic acids is 1. The van der Waals surface area contributed by atoms with Crippen molar-refractivity contribution in [2.45, 2.75) is 44.5 Å². The lowest BCUT2D eigenvalue weighted by molar-refractivity contribution is -0.0118. The van der Waals surface area contributed by atoms with Crippen LogP contribution in [0.15, 0.2) is 24.3 Å².